The van der Waals surface area contributed by atoms with Crippen LogP contribution in [-0.2, 0) is 13.1 Å². The first-order valence-corrected chi connectivity index (χ1v) is 5.88. The first-order valence-electron chi connectivity index (χ1n) is 4.76. The maximum atomic E-state index is 8.85. The molecular formula is C9H15BrN3O2+. The van der Waals surface area contributed by atoms with Crippen molar-refractivity contribution in [3.8, 4) is 0 Å². The van der Waals surface area contributed by atoms with E-state index < -0.39 is 0 Å². The van der Waals surface area contributed by atoms with Crippen LogP contribution in [0.5, 0.6) is 0 Å². The van der Waals surface area contributed by atoms with E-state index in [9.17, 15) is 0 Å². The highest BCUT2D eigenvalue weighted by molar-refractivity contribution is 9.09. The Morgan fingerprint density at radius 2 is 2.40 bits per heavy atom. The van der Waals surface area contributed by atoms with E-state index in [1.165, 1.54) is 6.21 Å². The van der Waals surface area contributed by atoms with Gasteiger partial charge in [-0.25, -0.2) is 9.13 Å². The molecule has 84 valence electrons. The summed E-state index contributed by atoms with van der Waals surface area (Å²) in [6, 6.07) is 0. The minimum atomic E-state index is 0.0688. The van der Waals surface area contributed by atoms with Crippen molar-refractivity contribution in [2.45, 2.75) is 19.5 Å². The molecule has 0 aromatic carbocycles. The van der Waals surface area contributed by atoms with E-state index in [0.717, 1.165) is 24.1 Å². The maximum Gasteiger partial charge on any atom is 0.303 e. The van der Waals surface area contributed by atoms with Gasteiger partial charge in [-0.1, -0.05) is 21.1 Å². The minimum Gasteiger partial charge on any atom is -0.411 e. The Labute approximate surface area is 96.8 Å². The van der Waals surface area contributed by atoms with Crippen molar-refractivity contribution < 1.29 is 14.9 Å². The zero-order chi connectivity index (χ0) is 11.1. The molecule has 0 saturated heterocycles. The number of alkyl halides is 1. The zero-order valence-electron chi connectivity index (χ0n) is 8.38. The van der Waals surface area contributed by atoms with Crippen molar-refractivity contribution in [1.29, 1.82) is 0 Å². The molecule has 1 aromatic heterocycles. The summed E-state index contributed by atoms with van der Waals surface area (Å²) in [5.41, 5.74) is 0. The third-order valence-corrected chi connectivity index (χ3v) is 2.62. The quantitative estimate of drug-likeness (QED) is 0.259. The molecule has 1 rings (SSSR count). The Kier molecular flexibility index (Phi) is 5.34. The van der Waals surface area contributed by atoms with Gasteiger partial charge >= 0.3 is 5.82 Å². The summed E-state index contributed by atoms with van der Waals surface area (Å²) in [6.07, 6.45) is 6.15. The lowest BCUT2D eigenvalue weighted by Crippen LogP contribution is -2.37. The SMILES string of the molecule is OCCn1cc[n+](CCCBr)c1C=NO. The average molecular weight is 277 g/mol. The number of imidazole rings is 1. The van der Waals surface area contributed by atoms with E-state index in [1.54, 1.807) is 0 Å². The van der Waals surface area contributed by atoms with Crippen LogP contribution in [0.4, 0.5) is 0 Å². The Balaban J connectivity index is 2.85. The van der Waals surface area contributed by atoms with Crippen molar-refractivity contribution in [2.75, 3.05) is 11.9 Å². The molecule has 0 spiro atoms. The van der Waals surface area contributed by atoms with Crippen molar-refractivity contribution in [1.82, 2.24) is 4.57 Å². The normalized spacial score (nSPS) is 11.3. The number of aryl methyl sites for hydroxylation is 1. The van der Waals surface area contributed by atoms with Crippen LogP contribution in [0.3, 0.4) is 0 Å². The van der Waals surface area contributed by atoms with Crippen molar-refractivity contribution in [3.63, 3.8) is 0 Å². The number of halogens is 1. The van der Waals surface area contributed by atoms with E-state index in [2.05, 4.69) is 21.1 Å². The third kappa shape index (κ3) is 3.32. The van der Waals surface area contributed by atoms with E-state index in [4.69, 9.17) is 10.3 Å². The van der Waals surface area contributed by atoms with Crippen LogP contribution in [0.2, 0.25) is 0 Å². The van der Waals surface area contributed by atoms with Gasteiger partial charge in [-0.2, -0.15) is 0 Å². The van der Waals surface area contributed by atoms with Crippen LogP contribution in [0.15, 0.2) is 17.5 Å². The first kappa shape index (κ1) is 12.2. The average Bonchev–Trinajstić information content (AvgIpc) is 2.60. The molecule has 1 heterocycles. The van der Waals surface area contributed by atoms with E-state index >= 15 is 0 Å². The molecule has 0 aliphatic carbocycles. The van der Waals surface area contributed by atoms with Gasteiger partial charge in [-0.15, -0.1) is 0 Å². The summed E-state index contributed by atoms with van der Waals surface area (Å²) in [4.78, 5) is 0. The van der Waals surface area contributed by atoms with Crippen molar-refractivity contribution in [2.24, 2.45) is 5.16 Å². The highest BCUT2D eigenvalue weighted by Gasteiger charge is 2.14. The van der Waals surface area contributed by atoms with Gasteiger partial charge in [0.1, 0.15) is 18.9 Å². The highest BCUT2D eigenvalue weighted by atomic mass is 79.9. The molecular weight excluding hydrogens is 262 g/mol. The molecule has 6 heteroatoms. The zero-order valence-corrected chi connectivity index (χ0v) is 9.97. The van der Waals surface area contributed by atoms with Gasteiger partial charge in [0, 0.05) is 5.33 Å². The van der Waals surface area contributed by atoms with Crippen LogP contribution >= 0.6 is 15.9 Å². The molecule has 0 amide bonds. The fraction of sp³-hybridized carbons (Fsp3) is 0.556. The molecule has 0 unspecified atom stereocenters. The smallest absolute Gasteiger partial charge is 0.303 e. The molecule has 0 fully saturated rings. The number of nitrogens with zero attached hydrogens (tertiary/aromatic N) is 3. The summed E-state index contributed by atoms with van der Waals surface area (Å²) in [5.74, 6) is 0.785. The number of aromatic nitrogens is 2. The number of aliphatic hydroxyl groups excluding tert-OH is 1. The molecule has 5 nitrogen and oxygen atoms in total. The Bertz CT molecular complexity index is 325. The number of aliphatic hydroxyl groups is 1. The third-order valence-electron chi connectivity index (χ3n) is 2.06. The first-order chi connectivity index (χ1) is 7.33. The molecule has 0 bridgehead atoms. The lowest BCUT2D eigenvalue weighted by atomic mass is 10.4. The number of hydrogen-bond acceptors (Lipinski definition) is 3. The van der Waals surface area contributed by atoms with Gasteiger partial charge in [-0.05, 0) is 6.42 Å². The summed E-state index contributed by atoms with van der Waals surface area (Å²) in [5, 5.41) is 21.4. The molecule has 15 heavy (non-hydrogen) atoms. The van der Waals surface area contributed by atoms with Crippen LogP contribution < -0.4 is 4.57 Å². The van der Waals surface area contributed by atoms with E-state index in [-0.39, 0.29) is 6.61 Å². The summed E-state index contributed by atoms with van der Waals surface area (Å²) in [7, 11) is 0. The largest absolute Gasteiger partial charge is 0.411 e. The molecule has 0 saturated carbocycles. The van der Waals surface area contributed by atoms with Gasteiger partial charge in [0.05, 0.1) is 13.2 Å². The predicted octanol–water partition coefficient (Wildman–Crippen LogP) is 0.361. The monoisotopic (exact) mass is 276 g/mol. The molecule has 1 aromatic rings. The van der Waals surface area contributed by atoms with Crippen LogP contribution in [0.1, 0.15) is 12.2 Å². The number of oxime groups is 1. The van der Waals surface area contributed by atoms with E-state index in [0.29, 0.717) is 6.54 Å². The predicted molar refractivity (Wildman–Crippen MR) is 59.5 cm³/mol. The standard InChI is InChI=1S/C9H14BrN3O2/c10-2-1-3-12-4-5-13(6-7-14)9(12)8-11-15/h4-5,8,14H,1-3,6-7H2/p+1. The lowest BCUT2D eigenvalue weighted by Gasteiger charge is -1.98. The second kappa shape index (κ2) is 6.58. The van der Waals surface area contributed by atoms with E-state index in [1.807, 2.05) is 21.5 Å². The Morgan fingerprint density at radius 1 is 1.60 bits per heavy atom. The van der Waals surface area contributed by atoms with Gasteiger partial charge in [0.25, 0.3) is 0 Å². The van der Waals surface area contributed by atoms with Gasteiger partial charge < -0.3 is 10.3 Å². The van der Waals surface area contributed by atoms with Crippen molar-refractivity contribution >= 4 is 22.1 Å². The maximum absolute atomic E-state index is 8.85. The topological polar surface area (TPSA) is 61.6 Å². The summed E-state index contributed by atoms with van der Waals surface area (Å²) >= 11 is 3.36. The second-order valence-corrected chi connectivity index (χ2v) is 3.85. The Hall–Kier alpha value is -0.880. The molecule has 0 aliphatic heterocycles. The van der Waals surface area contributed by atoms with Gasteiger partial charge in [0.15, 0.2) is 6.21 Å². The van der Waals surface area contributed by atoms with Gasteiger partial charge in [-0.3, -0.25) is 0 Å². The molecule has 0 aliphatic rings. The molecule has 0 atom stereocenters. The highest BCUT2D eigenvalue weighted by Crippen LogP contribution is 1.95. The van der Waals surface area contributed by atoms with Crippen LogP contribution in [0.25, 0.3) is 0 Å². The number of rotatable bonds is 6. The number of hydrogen-bond donors (Lipinski definition) is 2. The molecule has 0 radical (unpaired) electrons. The molecule has 2 N–H and O–H groups in total. The Morgan fingerprint density at radius 3 is 3.00 bits per heavy atom. The fourth-order valence-corrected chi connectivity index (χ4v) is 1.65. The summed E-state index contributed by atoms with van der Waals surface area (Å²) in [6.45, 7) is 1.42. The van der Waals surface area contributed by atoms with Crippen LogP contribution in [-0.4, -0.2) is 33.0 Å². The fourth-order valence-electron chi connectivity index (χ4n) is 1.39. The minimum absolute atomic E-state index is 0.0688. The van der Waals surface area contributed by atoms with Crippen molar-refractivity contribution in [3.05, 3.63) is 18.2 Å². The summed E-state index contributed by atoms with van der Waals surface area (Å²) < 4.78 is 3.82. The second-order valence-electron chi connectivity index (χ2n) is 3.05. The van der Waals surface area contributed by atoms with Gasteiger partial charge in [0.2, 0.25) is 0 Å². The van der Waals surface area contributed by atoms with Crippen LogP contribution in [0, 0.1) is 0 Å². The lowest BCUT2D eigenvalue weighted by molar-refractivity contribution is -0.697.